The summed E-state index contributed by atoms with van der Waals surface area (Å²) in [6.45, 7) is 1.18. The second-order valence-electron chi connectivity index (χ2n) is 5.49. The van der Waals surface area contributed by atoms with Crippen LogP contribution in [0.3, 0.4) is 0 Å². The average Bonchev–Trinajstić information content (AvgIpc) is 3.05. The lowest BCUT2D eigenvalue weighted by molar-refractivity contribution is 0.0733. The predicted molar refractivity (Wildman–Crippen MR) is 96.1 cm³/mol. The molecular formula is C16H11Cl3N2OS. The monoisotopic (exact) mass is 384 g/mol. The molecule has 0 radical (unpaired) electrons. The van der Waals surface area contributed by atoms with Crippen LogP contribution in [0.25, 0.3) is 10.9 Å². The normalized spacial score (nSPS) is 14.3. The Balaban J connectivity index is 1.67. The Labute approximate surface area is 151 Å². The number of benzene rings is 1. The van der Waals surface area contributed by atoms with Crippen molar-refractivity contribution in [3.05, 3.63) is 54.8 Å². The van der Waals surface area contributed by atoms with Crippen LogP contribution >= 0.6 is 46.1 Å². The molecule has 0 atom stereocenters. The van der Waals surface area contributed by atoms with Gasteiger partial charge < -0.3 is 9.88 Å². The molecule has 0 fully saturated rings. The van der Waals surface area contributed by atoms with Gasteiger partial charge in [-0.2, -0.15) is 0 Å². The maximum atomic E-state index is 12.7. The molecule has 23 heavy (non-hydrogen) atoms. The first-order chi connectivity index (χ1) is 11.0. The molecule has 1 aromatic carbocycles. The minimum Gasteiger partial charge on any atom is -0.357 e. The summed E-state index contributed by atoms with van der Waals surface area (Å²) < 4.78 is 0.963. The molecule has 1 amide bonds. The number of H-pyrrole nitrogens is 1. The van der Waals surface area contributed by atoms with Gasteiger partial charge in [0.25, 0.3) is 5.91 Å². The molecule has 1 aliphatic rings. The first kappa shape index (κ1) is 15.3. The van der Waals surface area contributed by atoms with Crippen molar-refractivity contribution in [3.8, 4) is 0 Å². The number of carbonyl (C=O) groups excluding carboxylic acids is 1. The molecular weight excluding hydrogens is 375 g/mol. The van der Waals surface area contributed by atoms with Crippen LogP contribution in [0.2, 0.25) is 13.7 Å². The van der Waals surface area contributed by atoms with E-state index in [1.165, 1.54) is 16.9 Å². The molecule has 7 heteroatoms. The molecule has 118 valence electrons. The van der Waals surface area contributed by atoms with E-state index in [-0.39, 0.29) is 5.91 Å². The summed E-state index contributed by atoms with van der Waals surface area (Å²) in [4.78, 5) is 17.9. The van der Waals surface area contributed by atoms with Crippen molar-refractivity contribution < 1.29 is 4.79 Å². The fourth-order valence-corrected chi connectivity index (χ4v) is 4.66. The second-order valence-corrected chi connectivity index (χ2v) is 8.21. The highest BCUT2D eigenvalue weighted by Gasteiger charge is 2.26. The van der Waals surface area contributed by atoms with Crippen LogP contribution < -0.4 is 0 Å². The van der Waals surface area contributed by atoms with E-state index in [1.54, 1.807) is 11.0 Å². The van der Waals surface area contributed by atoms with Crippen LogP contribution in [0, 0.1) is 0 Å². The summed E-state index contributed by atoms with van der Waals surface area (Å²) >= 11 is 19.4. The van der Waals surface area contributed by atoms with Crippen molar-refractivity contribution in [2.45, 2.75) is 13.0 Å². The van der Waals surface area contributed by atoms with Gasteiger partial charge in [0.15, 0.2) is 0 Å². The number of amides is 1. The van der Waals surface area contributed by atoms with Gasteiger partial charge in [-0.05, 0) is 36.2 Å². The van der Waals surface area contributed by atoms with Gasteiger partial charge in [0.1, 0.15) is 4.34 Å². The topological polar surface area (TPSA) is 36.1 Å². The Morgan fingerprint density at radius 2 is 2.04 bits per heavy atom. The molecule has 0 aliphatic carbocycles. The van der Waals surface area contributed by atoms with Gasteiger partial charge in [0.2, 0.25) is 0 Å². The number of rotatable bonds is 1. The lowest BCUT2D eigenvalue weighted by atomic mass is 10.0. The zero-order valence-electron chi connectivity index (χ0n) is 11.8. The molecule has 3 aromatic rings. The van der Waals surface area contributed by atoms with E-state index in [1.807, 2.05) is 18.2 Å². The highest BCUT2D eigenvalue weighted by molar-refractivity contribution is 7.20. The molecule has 3 nitrogen and oxygen atoms in total. The van der Waals surface area contributed by atoms with E-state index in [0.717, 1.165) is 28.0 Å². The van der Waals surface area contributed by atoms with Gasteiger partial charge in [-0.25, -0.2) is 0 Å². The molecule has 1 aliphatic heterocycles. The molecule has 4 rings (SSSR count). The molecule has 0 bridgehead atoms. The van der Waals surface area contributed by atoms with E-state index in [4.69, 9.17) is 34.8 Å². The van der Waals surface area contributed by atoms with Crippen LogP contribution in [0.1, 0.15) is 21.6 Å². The number of nitrogens with one attached hydrogen (secondary N) is 1. The Bertz CT molecular complexity index is 931. The lowest BCUT2D eigenvalue weighted by Crippen LogP contribution is -2.35. The summed E-state index contributed by atoms with van der Waals surface area (Å²) in [6, 6.07) is 7.44. The van der Waals surface area contributed by atoms with Crippen molar-refractivity contribution >= 4 is 62.9 Å². The smallest absolute Gasteiger partial charge is 0.256 e. The standard InChI is InChI=1S/C16H11Cl3N2OS/c17-8-1-2-12-10(5-8)9-3-4-21(7-13(9)20-12)16(22)11-6-14(18)23-15(11)19/h1-2,5-6,20H,3-4,7H2. The maximum absolute atomic E-state index is 12.7. The molecule has 0 unspecified atom stereocenters. The van der Waals surface area contributed by atoms with Crippen molar-refractivity contribution in [2.24, 2.45) is 0 Å². The molecule has 0 spiro atoms. The number of hydrogen-bond donors (Lipinski definition) is 1. The Morgan fingerprint density at radius 1 is 1.22 bits per heavy atom. The summed E-state index contributed by atoms with van der Waals surface area (Å²) in [7, 11) is 0. The number of aromatic nitrogens is 1. The SMILES string of the molecule is O=C(c1cc(Cl)sc1Cl)N1CCc2c([nH]c3ccc(Cl)cc23)C1. The second kappa shape index (κ2) is 5.71. The van der Waals surface area contributed by atoms with Gasteiger partial charge >= 0.3 is 0 Å². The number of nitrogens with zero attached hydrogens (tertiary/aromatic N) is 1. The lowest BCUT2D eigenvalue weighted by Gasteiger charge is -2.27. The van der Waals surface area contributed by atoms with Crippen LogP contribution in [0.15, 0.2) is 24.3 Å². The third-order valence-electron chi connectivity index (χ3n) is 4.11. The minimum atomic E-state index is -0.0829. The number of hydrogen-bond acceptors (Lipinski definition) is 2. The summed E-state index contributed by atoms with van der Waals surface area (Å²) in [5, 5.41) is 1.86. The predicted octanol–water partition coefficient (Wildman–Crippen LogP) is 5.39. The Hall–Kier alpha value is -1.20. The molecule has 3 heterocycles. The maximum Gasteiger partial charge on any atom is 0.256 e. The number of fused-ring (bicyclic) bond motifs is 3. The number of carbonyl (C=O) groups is 1. The van der Waals surface area contributed by atoms with Crippen molar-refractivity contribution in [1.29, 1.82) is 0 Å². The summed E-state index contributed by atoms with van der Waals surface area (Å²) in [5.41, 5.74) is 3.81. The highest BCUT2D eigenvalue weighted by Crippen LogP contribution is 2.34. The van der Waals surface area contributed by atoms with Gasteiger partial charge in [0, 0.05) is 28.2 Å². The van der Waals surface area contributed by atoms with Gasteiger partial charge in [-0.15, -0.1) is 11.3 Å². The van der Waals surface area contributed by atoms with Crippen LogP contribution in [0.4, 0.5) is 0 Å². The van der Waals surface area contributed by atoms with E-state index < -0.39 is 0 Å². The highest BCUT2D eigenvalue weighted by atomic mass is 35.5. The fraction of sp³-hybridized carbons (Fsp3) is 0.188. The number of halogens is 3. The van der Waals surface area contributed by atoms with Crippen LogP contribution in [0.5, 0.6) is 0 Å². The van der Waals surface area contributed by atoms with Crippen LogP contribution in [-0.2, 0) is 13.0 Å². The van der Waals surface area contributed by atoms with Crippen LogP contribution in [-0.4, -0.2) is 22.3 Å². The van der Waals surface area contributed by atoms with Crippen molar-refractivity contribution in [3.63, 3.8) is 0 Å². The van der Waals surface area contributed by atoms with Gasteiger partial charge in [-0.1, -0.05) is 34.8 Å². The van der Waals surface area contributed by atoms with E-state index >= 15 is 0 Å². The summed E-state index contributed by atoms with van der Waals surface area (Å²) in [6.07, 6.45) is 0.789. The van der Waals surface area contributed by atoms with Gasteiger partial charge in [0.05, 0.1) is 16.4 Å². The molecule has 0 saturated carbocycles. The van der Waals surface area contributed by atoms with E-state index in [9.17, 15) is 4.79 Å². The zero-order valence-corrected chi connectivity index (χ0v) is 14.9. The zero-order chi connectivity index (χ0) is 16.1. The number of aromatic amines is 1. The first-order valence-electron chi connectivity index (χ1n) is 7.06. The fourth-order valence-electron chi connectivity index (χ4n) is 3.04. The molecule has 0 saturated heterocycles. The van der Waals surface area contributed by atoms with Crippen molar-refractivity contribution in [2.75, 3.05) is 6.54 Å². The third-order valence-corrected chi connectivity index (χ3v) is 5.83. The quantitative estimate of drug-likeness (QED) is 0.599. The molecule has 2 aromatic heterocycles. The molecule has 1 N–H and O–H groups in total. The van der Waals surface area contributed by atoms with Crippen molar-refractivity contribution in [1.82, 2.24) is 9.88 Å². The third kappa shape index (κ3) is 2.64. The Kier molecular flexibility index (Phi) is 3.81. The van der Waals surface area contributed by atoms with E-state index in [2.05, 4.69) is 4.98 Å². The Morgan fingerprint density at radius 3 is 2.78 bits per heavy atom. The van der Waals surface area contributed by atoms with E-state index in [0.29, 0.717) is 27.3 Å². The average molecular weight is 386 g/mol. The largest absolute Gasteiger partial charge is 0.357 e. The summed E-state index contributed by atoms with van der Waals surface area (Å²) in [5.74, 6) is -0.0829. The minimum absolute atomic E-state index is 0.0829. The first-order valence-corrected chi connectivity index (χ1v) is 9.01. The number of thiophene rings is 1. The van der Waals surface area contributed by atoms with Gasteiger partial charge in [-0.3, -0.25) is 4.79 Å².